The van der Waals surface area contributed by atoms with Crippen molar-refractivity contribution in [3.05, 3.63) is 29.3 Å². The number of rotatable bonds is 6. The van der Waals surface area contributed by atoms with Crippen LogP contribution < -0.4 is 15.0 Å². The standard InChI is InChI=1S/C14H18N4O2S/c1-4-9-15-14-17-16-12(21-14)13(19)18(2)10-5-7-11(20-3)8-6-10/h5-8H,4,9H2,1-3H3,(H,15,17). The molecule has 1 amide bonds. The molecule has 0 aliphatic heterocycles. The van der Waals surface area contributed by atoms with Crippen LogP contribution in [0.25, 0.3) is 0 Å². The lowest BCUT2D eigenvalue weighted by Gasteiger charge is -2.15. The van der Waals surface area contributed by atoms with Gasteiger partial charge in [0.15, 0.2) is 0 Å². The van der Waals surface area contributed by atoms with Gasteiger partial charge in [-0.3, -0.25) is 4.79 Å². The van der Waals surface area contributed by atoms with Crippen LogP contribution in [0.2, 0.25) is 0 Å². The number of anilines is 2. The molecule has 1 heterocycles. The molecule has 0 atom stereocenters. The van der Waals surface area contributed by atoms with Gasteiger partial charge in [-0.2, -0.15) is 0 Å². The normalized spacial score (nSPS) is 10.2. The lowest BCUT2D eigenvalue weighted by Crippen LogP contribution is -2.26. The lowest BCUT2D eigenvalue weighted by molar-refractivity contribution is 0.0992. The zero-order valence-electron chi connectivity index (χ0n) is 12.3. The van der Waals surface area contributed by atoms with E-state index < -0.39 is 0 Å². The van der Waals surface area contributed by atoms with Crippen LogP contribution >= 0.6 is 11.3 Å². The van der Waals surface area contributed by atoms with E-state index in [2.05, 4.69) is 22.4 Å². The molecular formula is C14H18N4O2S. The molecule has 0 fully saturated rings. The number of carbonyl (C=O) groups excluding carboxylic acids is 1. The Balaban J connectivity index is 2.08. The number of ether oxygens (including phenoxy) is 1. The summed E-state index contributed by atoms with van der Waals surface area (Å²) in [6, 6.07) is 7.28. The molecule has 0 saturated carbocycles. The predicted octanol–water partition coefficient (Wildman–Crippen LogP) is 2.65. The van der Waals surface area contributed by atoms with Crippen LogP contribution in [-0.2, 0) is 0 Å². The van der Waals surface area contributed by atoms with Crippen molar-refractivity contribution in [2.24, 2.45) is 0 Å². The Morgan fingerprint density at radius 2 is 2.05 bits per heavy atom. The van der Waals surface area contributed by atoms with Gasteiger partial charge in [0, 0.05) is 19.3 Å². The van der Waals surface area contributed by atoms with Gasteiger partial charge >= 0.3 is 0 Å². The highest BCUT2D eigenvalue weighted by molar-refractivity contribution is 7.17. The fourth-order valence-corrected chi connectivity index (χ4v) is 2.42. The highest BCUT2D eigenvalue weighted by Crippen LogP contribution is 2.22. The lowest BCUT2D eigenvalue weighted by atomic mass is 10.3. The summed E-state index contributed by atoms with van der Waals surface area (Å²) in [4.78, 5) is 13.9. The molecule has 0 radical (unpaired) electrons. The molecule has 1 aromatic carbocycles. The van der Waals surface area contributed by atoms with Gasteiger partial charge in [0.2, 0.25) is 10.1 Å². The van der Waals surface area contributed by atoms with E-state index >= 15 is 0 Å². The second kappa shape index (κ2) is 7.03. The number of carbonyl (C=O) groups is 1. The Labute approximate surface area is 127 Å². The summed E-state index contributed by atoms with van der Waals surface area (Å²) in [5.41, 5.74) is 0.777. The highest BCUT2D eigenvalue weighted by atomic mass is 32.1. The van der Waals surface area contributed by atoms with Crippen LogP contribution in [0.3, 0.4) is 0 Å². The maximum Gasteiger partial charge on any atom is 0.289 e. The highest BCUT2D eigenvalue weighted by Gasteiger charge is 2.18. The van der Waals surface area contributed by atoms with Crippen molar-refractivity contribution >= 4 is 28.1 Å². The smallest absolute Gasteiger partial charge is 0.289 e. The molecule has 1 aromatic heterocycles. The van der Waals surface area contributed by atoms with Gasteiger partial charge in [0.1, 0.15) is 5.75 Å². The van der Waals surface area contributed by atoms with Crippen molar-refractivity contribution in [3.8, 4) is 5.75 Å². The number of hydrogen-bond donors (Lipinski definition) is 1. The zero-order valence-corrected chi connectivity index (χ0v) is 13.1. The predicted molar refractivity (Wildman–Crippen MR) is 84.4 cm³/mol. The van der Waals surface area contributed by atoms with E-state index in [1.54, 1.807) is 19.1 Å². The van der Waals surface area contributed by atoms with Crippen LogP contribution in [-0.4, -0.2) is 36.8 Å². The molecule has 0 unspecified atom stereocenters. The van der Waals surface area contributed by atoms with Crippen molar-refractivity contribution < 1.29 is 9.53 Å². The van der Waals surface area contributed by atoms with Gasteiger partial charge in [-0.1, -0.05) is 18.3 Å². The summed E-state index contributed by atoms with van der Waals surface area (Å²) in [5, 5.41) is 12.1. The number of amides is 1. The number of aromatic nitrogens is 2. The maximum atomic E-state index is 12.4. The van der Waals surface area contributed by atoms with Gasteiger partial charge in [-0.15, -0.1) is 10.2 Å². The molecule has 112 valence electrons. The number of nitrogens with one attached hydrogen (secondary N) is 1. The minimum Gasteiger partial charge on any atom is -0.497 e. The number of nitrogens with zero attached hydrogens (tertiary/aromatic N) is 3. The summed E-state index contributed by atoms with van der Waals surface area (Å²) < 4.78 is 5.10. The molecule has 6 nitrogen and oxygen atoms in total. The van der Waals surface area contributed by atoms with Crippen LogP contribution in [0.15, 0.2) is 24.3 Å². The Bertz CT molecular complexity index is 597. The van der Waals surface area contributed by atoms with Gasteiger partial charge in [0.05, 0.1) is 7.11 Å². The van der Waals surface area contributed by atoms with Gasteiger partial charge < -0.3 is 15.0 Å². The SMILES string of the molecule is CCCNc1nnc(C(=O)N(C)c2ccc(OC)cc2)s1. The summed E-state index contributed by atoms with van der Waals surface area (Å²) in [7, 11) is 3.32. The summed E-state index contributed by atoms with van der Waals surface area (Å²) in [5.74, 6) is 0.573. The van der Waals surface area contributed by atoms with Crippen molar-refractivity contribution in [1.82, 2.24) is 10.2 Å². The molecule has 0 aliphatic rings. The molecule has 0 aliphatic carbocycles. The third kappa shape index (κ3) is 3.69. The first-order valence-electron chi connectivity index (χ1n) is 6.65. The quantitative estimate of drug-likeness (QED) is 0.888. The Morgan fingerprint density at radius 3 is 2.67 bits per heavy atom. The van der Waals surface area contributed by atoms with Crippen LogP contribution in [0.1, 0.15) is 23.1 Å². The minimum absolute atomic E-state index is 0.179. The average molecular weight is 306 g/mol. The Kier molecular flexibility index (Phi) is 5.10. The topological polar surface area (TPSA) is 67.4 Å². The first kappa shape index (κ1) is 15.2. The van der Waals surface area contributed by atoms with Crippen molar-refractivity contribution in [2.45, 2.75) is 13.3 Å². The summed E-state index contributed by atoms with van der Waals surface area (Å²) in [6.07, 6.45) is 0.995. The monoisotopic (exact) mass is 306 g/mol. The van der Waals surface area contributed by atoms with E-state index in [1.807, 2.05) is 24.3 Å². The molecule has 1 N–H and O–H groups in total. The van der Waals surface area contributed by atoms with Crippen LogP contribution in [0.4, 0.5) is 10.8 Å². The average Bonchev–Trinajstić information content (AvgIpc) is 3.00. The molecule has 0 bridgehead atoms. The van der Waals surface area contributed by atoms with E-state index in [4.69, 9.17) is 4.74 Å². The maximum absolute atomic E-state index is 12.4. The number of methoxy groups -OCH3 is 1. The van der Waals surface area contributed by atoms with Gasteiger partial charge in [-0.05, 0) is 30.7 Å². The minimum atomic E-state index is -0.179. The molecule has 21 heavy (non-hydrogen) atoms. The molecular weight excluding hydrogens is 288 g/mol. The van der Waals surface area contributed by atoms with Crippen LogP contribution in [0, 0.1) is 0 Å². The second-order valence-corrected chi connectivity index (χ2v) is 5.38. The summed E-state index contributed by atoms with van der Waals surface area (Å²) >= 11 is 1.26. The number of benzene rings is 1. The zero-order chi connectivity index (χ0) is 15.2. The third-order valence-corrected chi connectivity index (χ3v) is 3.77. The number of hydrogen-bond acceptors (Lipinski definition) is 6. The van der Waals surface area contributed by atoms with E-state index in [0.29, 0.717) is 10.1 Å². The van der Waals surface area contributed by atoms with E-state index in [9.17, 15) is 4.79 Å². The first-order valence-corrected chi connectivity index (χ1v) is 7.46. The Hall–Kier alpha value is -2.15. The van der Waals surface area contributed by atoms with Crippen LogP contribution in [0.5, 0.6) is 5.75 Å². The second-order valence-electron chi connectivity index (χ2n) is 4.40. The Morgan fingerprint density at radius 1 is 1.33 bits per heavy atom. The van der Waals surface area contributed by atoms with Crippen molar-refractivity contribution in [2.75, 3.05) is 30.9 Å². The first-order chi connectivity index (χ1) is 10.2. The molecule has 2 rings (SSSR count). The largest absolute Gasteiger partial charge is 0.497 e. The van der Waals surface area contributed by atoms with E-state index in [1.165, 1.54) is 11.3 Å². The molecule has 0 spiro atoms. The van der Waals surface area contributed by atoms with Crippen molar-refractivity contribution in [3.63, 3.8) is 0 Å². The molecule has 0 saturated heterocycles. The van der Waals surface area contributed by atoms with Crippen molar-refractivity contribution in [1.29, 1.82) is 0 Å². The summed E-state index contributed by atoms with van der Waals surface area (Å²) in [6.45, 7) is 2.88. The molecule has 7 heteroatoms. The molecule has 2 aromatic rings. The fraction of sp³-hybridized carbons (Fsp3) is 0.357. The van der Waals surface area contributed by atoms with E-state index in [-0.39, 0.29) is 5.91 Å². The fourth-order valence-electron chi connectivity index (χ4n) is 1.68. The third-order valence-electron chi connectivity index (χ3n) is 2.90. The van der Waals surface area contributed by atoms with E-state index in [0.717, 1.165) is 24.4 Å². The van der Waals surface area contributed by atoms with Gasteiger partial charge in [0.25, 0.3) is 5.91 Å². The van der Waals surface area contributed by atoms with Gasteiger partial charge in [-0.25, -0.2) is 0 Å².